The van der Waals surface area contributed by atoms with Crippen molar-refractivity contribution < 1.29 is 47.7 Å². The fourth-order valence-corrected chi connectivity index (χ4v) is 7.26. The summed E-state index contributed by atoms with van der Waals surface area (Å²) in [6.07, 6.45) is 3.00. The third-order valence-corrected chi connectivity index (χ3v) is 9.91. The lowest BCUT2D eigenvalue weighted by Crippen LogP contribution is -2.47. The molecule has 14 nitrogen and oxygen atoms in total. The first-order valence-electron chi connectivity index (χ1n) is 19.9. The van der Waals surface area contributed by atoms with Gasteiger partial charge in [-0.1, -0.05) is 46.5 Å². The second kappa shape index (κ2) is 17.1. The van der Waals surface area contributed by atoms with Crippen molar-refractivity contribution in [1.82, 2.24) is 14.9 Å². The van der Waals surface area contributed by atoms with Crippen molar-refractivity contribution in [1.29, 1.82) is 0 Å². The normalized spacial score (nSPS) is 16.5. The quantitative estimate of drug-likeness (QED) is 0.0595. The Labute approximate surface area is 332 Å². The minimum absolute atomic E-state index is 0.0449. The van der Waals surface area contributed by atoms with Crippen LogP contribution in [-0.4, -0.2) is 56.8 Å². The molecule has 308 valence electrons. The van der Waals surface area contributed by atoms with E-state index in [0.717, 1.165) is 35.8 Å². The molecule has 2 atom stereocenters. The van der Waals surface area contributed by atoms with Crippen LogP contribution in [0, 0.1) is 0 Å². The summed E-state index contributed by atoms with van der Waals surface area (Å²) in [5.74, 6) is -2.49. The van der Waals surface area contributed by atoms with Crippen LogP contribution in [0.5, 0.6) is 5.75 Å². The van der Waals surface area contributed by atoms with Gasteiger partial charge in [0.25, 0.3) is 5.56 Å². The molecule has 1 N–H and O–H groups in total. The second-order valence-electron chi connectivity index (χ2n) is 16.6. The molecule has 1 unspecified atom stereocenters. The monoisotopic (exact) mass is 789 g/mol. The molecule has 57 heavy (non-hydrogen) atoms. The first-order valence-corrected chi connectivity index (χ1v) is 19.9. The molecule has 0 saturated heterocycles. The van der Waals surface area contributed by atoms with Gasteiger partial charge >= 0.3 is 24.1 Å². The fourth-order valence-electron chi connectivity index (χ4n) is 7.26. The van der Waals surface area contributed by atoms with Crippen LogP contribution in [0.1, 0.15) is 136 Å². The number of cyclic esters (lactones) is 1. The number of aryl methyl sites for hydroxylation is 1. The maximum absolute atomic E-state index is 14.2. The summed E-state index contributed by atoms with van der Waals surface area (Å²) in [5, 5.41) is 3.46. The molecule has 2 aromatic heterocycles. The first-order chi connectivity index (χ1) is 26.8. The van der Waals surface area contributed by atoms with Crippen LogP contribution < -0.4 is 15.6 Å². The summed E-state index contributed by atoms with van der Waals surface area (Å²) in [6, 6.07) is 5.86. The number of benzene rings is 1. The van der Waals surface area contributed by atoms with Gasteiger partial charge in [-0.3, -0.25) is 14.4 Å². The number of hydrogen-bond donors (Lipinski definition) is 1. The third-order valence-electron chi connectivity index (χ3n) is 9.91. The molecule has 4 heterocycles. The predicted octanol–water partition coefficient (Wildman–Crippen LogP) is 7.08. The summed E-state index contributed by atoms with van der Waals surface area (Å²) in [6.45, 7) is 16.1. The van der Waals surface area contributed by atoms with Crippen molar-refractivity contribution in [3.63, 3.8) is 0 Å². The van der Waals surface area contributed by atoms with Crippen molar-refractivity contribution in [2.24, 2.45) is 0 Å². The van der Waals surface area contributed by atoms with Crippen molar-refractivity contribution in [2.75, 3.05) is 0 Å². The topological polar surface area (TPSA) is 178 Å². The van der Waals surface area contributed by atoms with Crippen LogP contribution >= 0.6 is 0 Å². The van der Waals surface area contributed by atoms with E-state index in [1.54, 1.807) is 77.3 Å². The first kappa shape index (κ1) is 42.9. The molecule has 1 aromatic carbocycles. The molecule has 0 bridgehead atoms. The molecule has 1 amide bonds. The molecule has 0 fully saturated rings. The molecule has 0 radical (unpaired) electrons. The number of rotatable bonds is 14. The number of hydrogen-bond acceptors (Lipinski definition) is 12. The van der Waals surface area contributed by atoms with E-state index < -0.39 is 64.8 Å². The molecular weight excluding hydrogens is 734 g/mol. The molecular formula is C43H55N3O11. The summed E-state index contributed by atoms with van der Waals surface area (Å²) in [5.41, 5.74) is -0.154. The molecule has 0 saturated carbocycles. The number of carbonyl (C=O) groups excluding carboxylic acids is 5. The summed E-state index contributed by atoms with van der Waals surface area (Å²) < 4.78 is 29.3. The number of aromatic nitrogens is 2. The predicted molar refractivity (Wildman–Crippen MR) is 210 cm³/mol. The van der Waals surface area contributed by atoms with Gasteiger partial charge in [0, 0.05) is 22.9 Å². The maximum atomic E-state index is 14.2. The SMILES string of the molecule is CCCCCCC(NC(=O)CCC(=O)O[C@]1(CC)C(=O)OCc2c1cc1n(c2=O)Cc2c-1nc1ccc(OC(=O)OC(C)(C)C)cc1c2CC)C(=O)OC(C)(C)C. The molecule has 0 aliphatic carbocycles. The third kappa shape index (κ3) is 9.65. The van der Waals surface area contributed by atoms with Gasteiger partial charge < -0.3 is 33.6 Å². The Kier molecular flexibility index (Phi) is 12.8. The van der Waals surface area contributed by atoms with Gasteiger partial charge in [-0.25, -0.2) is 19.4 Å². The molecule has 2 aliphatic rings. The lowest BCUT2D eigenvalue weighted by Gasteiger charge is -2.35. The molecule has 0 spiro atoms. The van der Waals surface area contributed by atoms with Gasteiger partial charge in [0.05, 0.1) is 35.4 Å². The summed E-state index contributed by atoms with van der Waals surface area (Å²) in [7, 11) is 0. The highest BCUT2D eigenvalue weighted by Crippen LogP contribution is 2.42. The Morgan fingerprint density at radius 3 is 2.30 bits per heavy atom. The lowest BCUT2D eigenvalue weighted by molar-refractivity contribution is -0.189. The van der Waals surface area contributed by atoms with E-state index in [4.69, 9.17) is 28.7 Å². The molecule has 2 aliphatic heterocycles. The van der Waals surface area contributed by atoms with Gasteiger partial charge in [0.1, 0.15) is 29.6 Å². The van der Waals surface area contributed by atoms with Crippen LogP contribution in [-0.2, 0) is 63.3 Å². The Morgan fingerprint density at radius 1 is 0.930 bits per heavy atom. The van der Waals surface area contributed by atoms with Crippen LogP contribution in [0.15, 0.2) is 29.1 Å². The lowest BCUT2D eigenvalue weighted by atomic mass is 9.85. The number of nitrogens with one attached hydrogen (secondary N) is 1. The number of fused-ring (bicyclic) bond motifs is 5. The van der Waals surface area contributed by atoms with Gasteiger partial charge in [0.2, 0.25) is 11.5 Å². The van der Waals surface area contributed by atoms with Crippen molar-refractivity contribution in [3.8, 4) is 17.1 Å². The molecule has 3 aromatic rings. The Bertz CT molecular complexity index is 2130. The van der Waals surface area contributed by atoms with Crippen LogP contribution in [0.25, 0.3) is 22.3 Å². The maximum Gasteiger partial charge on any atom is 0.514 e. The van der Waals surface area contributed by atoms with Crippen LogP contribution in [0.3, 0.4) is 0 Å². The van der Waals surface area contributed by atoms with Gasteiger partial charge in [-0.2, -0.15) is 0 Å². The molecule has 14 heteroatoms. The Morgan fingerprint density at radius 2 is 1.65 bits per heavy atom. The second-order valence-corrected chi connectivity index (χ2v) is 16.6. The molecule has 5 rings (SSSR count). The fraction of sp³-hybridized carbons (Fsp3) is 0.558. The van der Waals surface area contributed by atoms with Crippen molar-refractivity contribution in [3.05, 3.63) is 56.9 Å². The smallest absolute Gasteiger partial charge is 0.458 e. The number of amides is 1. The zero-order valence-electron chi connectivity index (χ0n) is 34.6. The van der Waals surface area contributed by atoms with E-state index in [1.165, 1.54) is 0 Å². The van der Waals surface area contributed by atoms with E-state index >= 15 is 0 Å². The average molecular weight is 790 g/mol. The van der Waals surface area contributed by atoms with Gasteiger partial charge in [-0.15, -0.1) is 0 Å². The van der Waals surface area contributed by atoms with E-state index in [9.17, 15) is 28.8 Å². The Balaban J connectivity index is 1.40. The highest BCUT2D eigenvalue weighted by Gasteiger charge is 2.50. The van der Waals surface area contributed by atoms with Gasteiger partial charge in [-0.05, 0) is 90.6 Å². The number of ether oxygens (including phenoxy) is 5. The summed E-state index contributed by atoms with van der Waals surface area (Å²) >= 11 is 0. The summed E-state index contributed by atoms with van der Waals surface area (Å²) in [4.78, 5) is 84.5. The zero-order chi connectivity index (χ0) is 41.9. The minimum atomic E-state index is -1.95. The Hall–Kier alpha value is -5.27. The standard InChI is InChI=1S/C43H55N3O11/c1-10-13-14-15-16-32(38(50)56-41(4,5)6)44-34(47)19-20-35(48)55-43(12-3)30-22-33-36-28(23-46(33)37(49)29(30)24-53-39(43)51)26(11-2)27-21-25(17-18-31(27)45-36)54-40(52)57-42(7,8)9/h17-18,21-22,32H,10-16,19-20,23-24H2,1-9H3,(H,44,47)/t32?,43-/m0/s1. The number of carbonyl (C=O) groups is 5. The highest BCUT2D eigenvalue weighted by atomic mass is 16.7. The highest BCUT2D eigenvalue weighted by molar-refractivity contribution is 5.91. The van der Waals surface area contributed by atoms with E-state index in [1.807, 2.05) is 6.92 Å². The minimum Gasteiger partial charge on any atom is -0.458 e. The number of nitrogens with zero attached hydrogens (tertiary/aromatic N) is 2. The largest absolute Gasteiger partial charge is 0.514 e. The van der Waals surface area contributed by atoms with Crippen molar-refractivity contribution >= 4 is 40.9 Å². The van der Waals surface area contributed by atoms with Crippen molar-refractivity contribution in [2.45, 2.75) is 156 Å². The number of unbranched alkanes of at least 4 members (excludes halogenated alkanes) is 3. The van der Waals surface area contributed by atoms with Crippen LogP contribution in [0.4, 0.5) is 4.79 Å². The van der Waals surface area contributed by atoms with Gasteiger partial charge in [0.15, 0.2) is 0 Å². The number of esters is 3. The zero-order valence-corrected chi connectivity index (χ0v) is 34.6. The van der Waals surface area contributed by atoms with E-state index in [2.05, 4.69) is 12.2 Å². The van der Waals surface area contributed by atoms with E-state index in [-0.39, 0.29) is 42.9 Å². The average Bonchev–Trinajstić information content (AvgIpc) is 3.49. The van der Waals surface area contributed by atoms with E-state index in [0.29, 0.717) is 36.2 Å². The van der Waals surface area contributed by atoms with Crippen LogP contribution in [0.2, 0.25) is 0 Å². The number of pyridine rings is 2.